The van der Waals surface area contributed by atoms with Crippen LogP contribution in [0.2, 0.25) is 0 Å². The van der Waals surface area contributed by atoms with Gasteiger partial charge >= 0.3 is 0 Å². The third-order valence-corrected chi connectivity index (χ3v) is 3.99. The van der Waals surface area contributed by atoms with Gasteiger partial charge in [-0.3, -0.25) is 9.78 Å². The number of pyridine rings is 1. The van der Waals surface area contributed by atoms with Crippen molar-refractivity contribution in [1.29, 1.82) is 0 Å². The van der Waals surface area contributed by atoms with E-state index in [0.717, 1.165) is 30.6 Å². The summed E-state index contributed by atoms with van der Waals surface area (Å²) < 4.78 is 13.0. The minimum absolute atomic E-state index is 0.144. The molecule has 1 aliphatic heterocycles. The third kappa shape index (κ3) is 3.27. The average molecular weight is 284 g/mol. The van der Waals surface area contributed by atoms with Crippen LogP contribution in [-0.4, -0.2) is 28.9 Å². The van der Waals surface area contributed by atoms with Crippen molar-refractivity contribution in [2.75, 3.05) is 13.1 Å². The number of carbonyl (C=O) groups excluding carboxylic acids is 1. The molecule has 0 unspecified atom stereocenters. The number of hydrogen-bond acceptors (Lipinski definition) is 2. The molecule has 1 aromatic heterocycles. The lowest BCUT2D eigenvalue weighted by molar-refractivity contribution is -0.129. The molecule has 1 aliphatic rings. The molecule has 1 aromatic carbocycles. The summed E-state index contributed by atoms with van der Waals surface area (Å²) in [5.41, 5.74) is 2.09. The van der Waals surface area contributed by atoms with Crippen molar-refractivity contribution in [3.63, 3.8) is 0 Å². The van der Waals surface area contributed by atoms with E-state index in [1.165, 1.54) is 12.1 Å². The Hall–Kier alpha value is -2.23. The highest BCUT2D eigenvalue weighted by Crippen LogP contribution is 2.27. The van der Waals surface area contributed by atoms with Gasteiger partial charge in [-0.2, -0.15) is 0 Å². The van der Waals surface area contributed by atoms with Crippen LogP contribution in [0, 0.1) is 5.82 Å². The van der Waals surface area contributed by atoms with Crippen molar-refractivity contribution in [1.82, 2.24) is 9.88 Å². The summed E-state index contributed by atoms with van der Waals surface area (Å²) >= 11 is 0. The number of nitrogens with zero attached hydrogens (tertiary/aromatic N) is 2. The molecule has 3 rings (SSSR count). The van der Waals surface area contributed by atoms with Gasteiger partial charge in [0, 0.05) is 31.4 Å². The SMILES string of the molecule is O=C(Cc1ccncc1)N1CC[C@@H](c2ccc(F)cc2)C1. The molecule has 21 heavy (non-hydrogen) atoms. The molecule has 0 bridgehead atoms. The lowest BCUT2D eigenvalue weighted by atomic mass is 9.99. The first-order valence-electron chi connectivity index (χ1n) is 7.14. The van der Waals surface area contributed by atoms with Crippen LogP contribution < -0.4 is 0 Å². The zero-order chi connectivity index (χ0) is 14.7. The summed E-state index contributed by atoms with van der Waals surface area (Å²) in [6, 6.07) is 10.3. The van der Waals surface area contributed by atoms with Crippen molar-refractivity contribution in [2.24, 2.45) is 0 Å². The van der Waals surface area contributed by atoms with Crippen molar-refractivity contribution in [3.8, 4) is 0 Å². The smallest absolute Gasteiger partial charge is 0.227 e. The Morgan fingerprint density at radius 3 is 2.62 bits per heavy atom. The minimum atomic E-state index is -0.220. The predicted octanol–water partition coefficient (Wildman–Crippen LogP) is 2.78. The number of hydrogen-bond donors (Lipinski definition) is 0. The maximum atomic E-state index is 13.0. The summed E-state index contributed by atoms with van der Waals surface area (Å²) in [4.78, 5) is 18.1. The molecule has 2 aromatic rings. The van der Waals surface area contributed by atoms with Gasteiger partial charge in [-0.25, -0.2) is 4.39 Å². The quantitative estimate of drug-likeness (QED) is 0.868. The fourth-order valence-corrected chi connectivity index (χ4v) is 2.78. The zero-order valence-corrected chi connectivity index (χ0v) is 11.7. The van der Waals surface area contributed by atoms with Crippen molar-refractivity contribution in [3.05, 3.63) is 65.7 Å². The van der Waals surface area contributed by atoms with Crippen LogP contribution in [-0.2, 0) is 11.2 Å². The molecular formula is C17H17FN2O. The number of aromatic nitrogens is 1. The topological polar surface area (TPSA) is 33.2 Å². The van der Waals surface area contributed by atoms with E-state index in [2.05, 4.69) is 4.98 Å². The molecule has 3 nitrogen and oxygen atoms in total. The highest BCUT2D eigenvalue weighted by atomic mass is 19.1. The van der Waals surface area contributed by atoms with Gasteiger partial charge in [0.05, 0.1) is 6.42 Å². The van der Waals surface area contributed by atoms with Crippen LogP contribution in [0.1, 0.15) is 23.5 Å². The average Bonchev–Trinajstić information content (AvgIpc) is 2.99. The van der Waals surface area contributed by atoms with Crippen LogP contribution in [0.25, 0.3) is 0 Å². The molecule has 0 N–H and O–H groups in total. The van der Waals surface area contributed by atoms with Crippen LogP contribution in [0.5, 0.6) is 0 Å². The molecule has 1 fully saturated rings. The van der Waals surface area contributed by atoms with E-state index in [1.807, 2.05) is 29.2 Å². The zero-order valence-electron chi connectivity index (χ0n) is 11.7. The molecule has 1 amide bonds. The summed E-state index contributed by atoms with van der Waals surface area (Å²) in [5, 5.41) is 0. The first-order chi connectivity index (χ1) is 10.2. The third-order valence-electron chi connectivity index (χ3n) is 3.99. The second-order valence-corrected chi connectivity index (χ2v) is 5.41. The summed E-state index contributed by atoms with van der Waals surface area (Å²) in [6.45, 7) is 1.49. The van der Waals surface area contributed by atoms with E-state index in [1.54, 1.807) is 12.4 Å². The molecule has 108 valence electrons. The number of rotatable bonds is 3. The minimum Gasteiger partial charge on any atom is -0.342 e. The highest BCUT2D eigenvalue weighted by molar-refractivity contribution is 5.79. The van der Waals surface area contributed by atoms with E-state index >= 15 is 0 Å². The number of carbonyl (C=O) groups is 1. The van der Waals surface area contributed by atoms with Gasteiger partial charge in [0.2, 0.25) is 5.91 Å². The largest absolute Gasteiger partial charge is 0.342 e. The lowest BCUT2D eigenvalue weighted by Crippen LogP contribution is -2.29. The Morgan fingerprint density at radius 1 is 1.19 bits per heavy atom. The molecule has 2 heterocycles. The fourth-order valence-electron chi connectivity index (χ4n) is 2.78. The molecule has 1 saturated heterocycles. The van der Waals surface area contributed by atoms with Gasteiger partial charge in [-0.15, -0.1) is 0 Å². The first-order valence-corrected chi connectivity index (χ1v) is 7.14. The van der Waals surface area contributed by atoms with Gasteiger partial charge in [-0.05, 0) is 41.8 Å². The Balaban J connectivity index is 1.61. The fraction of sp³-hybridized carbons (Fsp3) is 0.294. The van der Waals surface area contributed by atoms with Crippen LogP contribution in [0.15, 0.2) is 48.8 Å². The number of likely N-dealkylation sites (tertiary alicyclic amines) is 1. The Labute approximate surface area is 123 Å². The summed E-state index contributed by atoms with van der Waals surface area (Å²) in [6.07, 6.45) is 4.76. The van der Waals surface area contributed by atoms with Crippen LogP contribution >= 0.6 is 0 Å². The predicted molar refractivity (Wildman–Crippen MR) is 78.3 cm³/mol. The van der Waals surface area contributed by atoms with E-state index in [4.69, 9.17) is 0 Å². The lowest BCUT2D eigenvalue weighted by Gasteiger charge is -2.16. The molecule has 0 spiro atoms. The van der Waals surface area contributed by atoms with Gasteiger partial charge in [0.15, 0.2) is 0 Å². The number of amides is 1. The molecular weight excluding hydrogens is 267 g/mol. The molecule has 0 aliphatic carbocycles. The number of benzene rings is 1. The van der Waals surface area contributed by atoms with E-state index in [9.17, 15) is 9.18 Å². The molecule has 4 heteroatoms. The standard InChI is InChI=1S/C17H17FN2O/c18-16-3-1-14(2-4-16)15-7-10-20(12-15)17(21)11-13-5-8-19-9-6-13/h1-6,8-9,15H,7,10-12H2/t15-/m1/s1. The van der Waals surface area contributed by atoms with Gasteiger partial charge in [0.25, 0.3) is 0 Å². The second-order valence-electron chi connectivity index (χ2n) is 5.41. The van der Waals surface area contributed by atoms with Crippen LogP contribution in [0.4, 0.5) is 4.39 Å². The van der Waals surface area contributed by atoms with Crippen molar-refractivity contribution in [2.45, 2.75) is 18.8 Å². The summed E-state index contributed by atoms with van der Waals surface area (Å²) in [7, 11) is 0. The molecule has 0 saturated carbocycles. The Bertz CT molecular complexity index is 612. The van der Waals surface area contributed by atoms with E-state index in [0.29, 0.717) is 12.3 Å². The summed E-state index contributed by atoms with van der Waals surface area (Å²) in [5.74, 6) is 0.236. The maximum absolute atomic E-state index is 13.0. The first kappa shape index (κ1) is 13.7. The Kier molecular flexibility index (Phi) is 3.95. The van der Waals surface area contributed by atoms with Gasteiger partial charge in [-0.1, -0.05) is 12.1 Å². The number of halogens is 1. The molecule has 1 atom stereocenters. The normalized spacial score (nSPS) is 18.0. The van der Waals surface area contributed by atoms with E-state index in [-0.39, 0.29) is 11.7 Å². The van der Waals surface area contributed by atoms with Crippen LogP contribution in [0.3, 0.4) is 0 Å². The second kappa shape index (κ2) is 6.04. The molecule has 0 radical (unpaired) electrons. The van der Waals surface area contributed by atoms with Crippen molar-refractivity contribution < 1.29 is 9.18 Å². The van der Waals surface area contributed by atoms with Gasteiger partial charge in [0.1, 0.15) is 5.82 Å². The van der Waals surface area contributed by atoms with E-state index < -0.39 is 0 Å². The van der Waals surface area contributed by atoms with Crippen molar-refractivity contribution >= 4 is 5.91 Å². The monoisotopic (exact) mass is 284 g/mol. The maximum Gasteiger partial charge on any atom is 0.227 e. The van der Waals surface area contributed by atoms with Gasteiger partial charge < -0.3 is 4.90 Å². The Morgan fingerprint density at radius 2 is 1.90 bits per heavy atom. The highest BCUT2D eigenvalue weighted by Gasteiger charge is 2.27.